The Hall–Kier alpha value is -0.300. The maximum atomic E-state index is 5.77. The molecule has 0 aliphatic carbocycles. The van der Waals surface area contributed by atoms with Crippen molar-refractivity contribution in [2.75, 3.05) is 0 Å². The van der Waals surface area contributed by atoms with Crippen molar-refractivity contribution in [3.05, 3.63) is 12.2 Å². The van der Waals surface area contributed by atoms with E-state index in [4.69, 9.17) is 5.73 Å². The molecule has 2 N–H and O–H groups in total. The first-order valence-corrected chi connectivity index (χ1v) is 4.56. The minimum Gasteiger partial charge on any atom is -0.328 e. The number of hydrogen-bond acceptors (Lipinski definition) is 1. The van der Waals surface area contributed by atoms with E-state index in [1.54, 1.807) is 0 Å². The van der Waals surface area contributed by atoms with Gasteiger partial charge in [-0.05, 0) is 32.6 Å². The molecule has 1 unspecified atom stereocenters. The minimum absolute atomic E-state index is 0.417. The van der Waals surface area contributed by atoms with Crippen LogP contribution in [0.2, 0.25) is 0 Å². The van der Waals surface area contributed by atoms with Crippen LogP contribution in [0.25, 0.3) is 0 Å². The Morgan fingerprint density at radius 1 is 1.45 bits per heavy atom. The average Bonchev–Trinajstić information content (AvgIpc) is 1.97. The van der Waals surface area contributed by atoms with E-state index in [-0.39, 0.29) is 0 Å². The molecule has 0 bridgehead atoms. The summed E-state index contributed by atoms with van der Waals surface area (Å²) in [4.78, 5) is 0. The van der Waals surface area contributed by atoms with Crippen LogP contribution in [0.3, 0.4) is 0 Å². The minimum atomic E-state index is 0.417. The fraction of sp³-hybridized carbons (Fsp3) is 0.800. The van der Waals surface area contributed by atoms with Gasteiger partial charge in [-0.2, -0.15) is 0 Å². The van der Waals surface area contributed by atoms with Crippen molar-refractivity contribution in [3.63, 3.8) is 0 Å². The third-order valence-corrected chi connectivity index (χ3v) is 1.95. The number of unbranched alkanes of at least 4 members (excludes halogenated alkanes) is 1. The average molecular weight is 155 g/mol. The quantitative estimate of drug-likeness (QED) is 0.463. The van der Waals surface area contributed by atoms with Crippen LogP contribution in [-0.2, 0) is 0 Å². The Labute approximate surface area is 70.7 Å². The van der Waals surface area contributed by atoms with Crippen molar-refractivity contribution in [3.8, 4) is 0 Å². The highest BCUT2D eigenvalue weighted by atomic mass is 14.6. The third kappa shape index (κ3) is 7.60. The van der Waals surface area contributed by atoms with Crippen LogP contribution in [0.15, 0.2) is 12.2 Å². The first-order chi connectivity index (χ1) is 5.16. The topological polar surface area (TPSA) is 26.0 Å². The smallest absolute Gasteiger partial charge is 0.00362 e. The van der Waals surface area contributed by atoms with E-state index in [0.29, 0.717) is 6.04 Å². The lowest BCUT2D eigenvalue weighted by molar-refractivity contribution is 0.551. The normalized spacial score (nSPS) is 13.0. The van der Waals surface area contributed by atoms with E-state index in [2.05, 4.69) is 20.4 Å². The van der Waals surface area contributed by atoms with Gasteiger partial charge in [0.05, 0.1) is 0 Å². The van der Waals surface area contributed by atoms with Crippen molar-refractivity contribution in [1.82, 2.24) is 0 Å². The molecule has 1 atom stereocenters. The summed E-state index contributed by atoms with van der Waals surface area (Å²) in [6, 6.07) is 0.417. The van der Waals surface area contributed by atoms with E-state index in [1.807, 2.05) is 0 Å². The number of allylic oxidation sites excluding steroid dienone is 1. The van der Waals surface area contributed by atoms with Gasteiger partial charge in [-0.15, -0.1) is 6.58 Å². The molecular formula is C10H21N. The lowest BCUT2D eigenvalue weighted by Gasteiger charge is -2.07. The monoisotopic (exact) mass is 155 g/mol. The predicted molar refractivity (Wildman–Crippen MR) is 51.5 cm³/mol. The van der Waals surface area contributed by atoms with Crippen LogP contribution in [0.1, 0.15) is 46.0 Å². The third-order valence-electron chi connectivity index (χ3n) is 1.95. The molecule has 0 aromatic carbocycles. The number of hydrogen-bond donors (Lipinski definition) is 1. The molecule has 0 aliphatic rings. The molecular weight excluding hydrogens is 134 g/mol. The molecule has 11 heavy (non-hydrogen) atoms. The summed E-state index contributed by atoms with van der Waals surface area (Å²) in [6.45, 7) is 8.09. The van der Waals surface area contributed by atoms with Gasteiger partial charge >= 0.3 is 0 Å². The van der Waals surface area contributed by atoms with Crippen molar-refractivity contribution in [2.45, 2.75) is 52.0 Å². The maximum absolute atomic E-state index is 5.77. The Morgan fingerprint density at radius 2 is 2.09 bits per heavy atom. The molecule has 0 fully saturated rings. The maximum Gasteiger partial charge on any atom is 0.00362 e. The molecule has 66 valence electrons. The van der Waals surface area contributed by atoms with E-state index < -0.39 is 0 Å². The van der Waals surface area contributed by atoms with Gasteiger partial charge < -0.3 is 5.73 Å². The van der Waals surface area contributed by atoms with Crippen molar-refractivity contribution >= 4 is 0 Å². The molecule has 0 aromatic rings. The predicted octanol–water partition coefficient (Wildman–Crippen LogP) is 2.86. The van der Waals surface area contributed by atoms with Crippen molar-refractivity contribution < 1.29 is 0 Å². The van der Waals surface area contributed by atoms with E-state index in [9.17, 15) is 0 Å². The molecule has 0 spiro atoms. The first kappa shape index (κ1) is 10.7. The van der Waals surface area contributed by atoms with Gasteiger partial charge in [0, 0.05) is 6.04 Å². The molecule has 0 radical (unpaired) electrons. The first-order valence-electron chi connectivity index (χ1n) is 4.56. The van der Waals surface area contributed by atoms with E-state index in [0.717, 1.165) is 12.8 Å². The van der Waals surface area contributed by atoms with Gasteiger partial charge in [0.25, 0.3) is 0 Å². The van der Waals surface area contributed by atoms with Gasteiger partial charge in [-0.1, -0.05) is 18.9 Å². The second-order valence-electron chi connectivity index (χ2n) is 3.37. The molecule has 0 saturated heterocycles. The van der Waals surface area contributed by atoms with E-state index in [1.165, 1.54) is 24.8 Å². The lowest BCUT2D eigenvalue weighted by atomic mass is 10.1. The molecule has 1 nitrogen and oxygen atoms in total. The highest BCUT2D eigenvalue weighted by Gasteiger charge is 1.97. The summed E-state index contributed by atoms with van der Waals surface area (Å²) < 4.78 is 0. The van der Waals surface area contributed by atoms with Crippen molar-refractivity contribution in [2.24, 2.45) is 5.73 Å². The second kappa shape index (κ2) is 6.41. The Kier molecular flexibility index (Phi) is 6.24. The van der Waals surface area contributed by atoms with Crippen molar-refractivity contribution in [1.29, 1.82) is 0 Å². The summed E-state index contributed by atoms with van der Waals surface area (Å²) in [5.41, 5.74) is 7.05. The molecule has 0 aliphatic heterocycles. The van der Waals surface area contributed by atoms with Crippen LogP contribution in [0.4, 0.5) is 0 Å². The number of rotatable bonds is 6. The van der Waals surface area contributed by atoms with Crippen LogP contribution >= 0.6 is 0 Å². The number of nitrogens with two attached hydrogens (primary N) is 1. The van der Waals surface area contributed by atoms with Crippen LogP contribution < -0.4 is 5.73 Å². The Balaban J connectivity index is 3.08. The standard InChI is InChI=1S/C10H21N/c1-4-10(11)8-6-5-7-9(2)3/h10H,2,4-8,11H2,1,3H3. The molecule has 0 heterocycles. The zero-order valence-corrected chi connectivity index (χ0v) is 7.90. The van der Waals surface area contributed by atoms with Gasteiger partial charge in [-0.3, -0.25) is 0 Å². The summed E-state index contributed by atoms with van der Waals surface area (Å²) in [5.74, 6) is 0. The Morgan fingerprint density at radius 3 is 2.55 bits per heavy atom. The molecule has 1 heteroatoms. The molecule has 0 amide bonds. The fourth-order valence-corrected chi connectivity index (χ4v) is 1.04. The fourth-order valence-electron chi connectivity index (χ4n) is 1.04. The highest BCUT2D eigenvalue weighted by molar-refractivity contribution is 4.87. The Bertz CT molecular complexity index is 107. The SMILES string of the molecule is C=C(C)CCCCC(N)CC. The molecule has 0 rings (SSSR count). The summed E-state index contributed by atoms with van der Waals surface area (Å²) in [5, 5.41) is 0. The van der Waals surface area contributed by atoms with Gasteiger partial charge in [0.15, 0.2) is 0 Å². The zero-order valence-electron chi connectivity index (χ0n) is 7.90. The van der Waals surface area contributed by atoms with Gasteiger partial charge in [-0.25, -0.2) is 0 Å². The van der Waals surface area contributed by atoms with Crippen LogP contribution in [-0.4, -0.2) is 6.04 Å². The van der Waals surface area contributed by atoms with Crippen LogP contribution in [0.5, 0.6) is 0 Å². The summed E-state index contributed by atoms with van der Waals surface area (Å²) >= 11 is 0. The summed E-state index contributed by atoms with van der Waals surface area (Å²) in [6.07, 6.45) is 5.94. The zero-order chi connectivity index (χ0) is 8.69. The largest absolute Gasteiger partial charge is 0.328 e. The highest BCUT2D eigenvalue weighted by Crippen LogP contribution is 2.08. The van der Waals surface area contributed by atoms with Gasteiger partial charge in [0.2, 0.25) is 0 Å². The van der Waals surface area contributed by atoms with E-state index >= 15 is 0 Å². The lowest BCUT2D eigenvalue weighted by Crippen LogP contribution is -2.17. The van der Waals surface area contributed by atoms with Crippen LogP contribution in [0, 0.1) is 0 Å². The summed E-state index contributed by atoms with van der Waals surface area (Å²) in [7, 11) is 0. The second-order valence-corrected chi connectivity index (χ2v) is 3.37. The van der Waals surface area contributed by atoms with Gasteiger partial charge in [0.1, 0.15) is 0 Å². The molecule has 0 aromatic heterocycles. The molecule has 0 saturated carbocycles.